The van der Waals surface area contributed by atoms with Gasteiger partial charge in [0.1, 0.15) is 0 Å². The van der Waals surface area contributed by atoms with Crippen LogP contribution in [0.3, 0.4) is 0 Å². The van der Waals surface area contributed by atoms with Gasteiger partial charge in [-0.2, -0.15) is 0 Å². The monoisotopic (exact) mass is 420 g/mol. The Hall–Kier alpha value is -2.45. The highest BCUT2D eigenvalue weighted by atomic mass is 35.5. The zero-order chi connectivity index (χ0) is 19.7. The lowest BCUT2D eigenvalue weighted by Gasteiger charge is -2.26. The summed E-state index contributed by atoms with van der Waals surface area (Å²) in [5.41, 5.74) is 1.89. The van der Waals surface area contributed by atoms with E-state index in [1.807, 2.05) is 6.07 Å². The van der Waals surface area contributed by atoms with Crippen molar-refractivity contribution in [3.05, 3.63) is 51.9 Å². The fourth-order valence-corrected chi connectivity index (χ4v) is 4.82. The van der Waals surface area contributed by atoms with Crippen LogP contribution in [0.4, 0.5) is 11.4 Å². The minimum Gasteiger partial charge on any atom is -0.370 e. The Morgan fingerprint density at radius 2 is 1.64 bits per heavy atom. The van der Waals surface area contributed by atoms with Crippen LogP contribution in [0.1, 0.15) is 25.7 Å². The quantitative estimate of drug-likeness (QED) is 0.599. The Bertz CT molecular complexity index is 1160. The third-order valence-electron chi connectivity index (χ3n) is 4.95. The minimum absolute atomic E-state index is 0.0667. The predicted octanol–water partition coefficient (Wildman–Crippen LogP) is 3.69. The number of sulfonamides is 1. The van der Waals surface area contributed by atoms with Crippen LogP contribution in [0.2, 0.25) is 5.02 Å². The van der Waals surface area contributed by atoms with Crippen molar-refractivity contribution < 1.29 is 8.42 Å². The summed E-state index contributed by atoms with van der Waals surface area (Å²) in [6.07, 6.45) is 4.51. The largest absolute Gasteiger partial charge is 0.370 e. The fourth-order valence-electron chi connectivity index (χ4n) is 3.56. The number of hydrogen-bond donors (Lipinski definition) is 3. The lowest BCUT2D eigenvalue weighted by Crippen LogP contribution is -2.25. The van der Waals surface area contributed by atoms with E-state index in [0.717, 1.165) is 31.6 Å². The molecule has 1 fully saturated rings. The van der Waals surface area contributed by atoms with Crippen molar-refractivity contribution >= 4 is 44.0 Å². The van der Waals surface area contributed by atoms with Gasteiger partial charge < -0.3 is 14.9 Å². The molecule has 0 atom stereocenters. The van der Waals surface area contributed by atoms with Crippen LogP contribution in [0.25, 0.3) is 11.0 Å². The van der Waals surface area contributed by atoms with E-state index in [1.165, 1.54) is 25.0 Å². The molecule has 0 unspecified atom stereocenters. The van der Waals surface area contributed by atoms with Crippen molar-refractivity contribution in [1.29, 1.82) is 0 Å². The average molecular weight is 421 g/mol. The molecule has 28 heavy (non-hydrogen) atoms. The fraction of sp³-hybridized carbons (Fsp3) is 0.316. The second-order valence-corrected chi connectivity index (χ2v) is 9.07. The Kier molecular flexibility index (Phi) is 5.07. The summed E-state index contributed by atoms with van der Waals surface area (Å²) in [5, 5.41) is 0.460. The van der Waals surface area contributed by atoms with E-state index in [9.17, 15) is 13.2 Å². The smallest absolute Gasteiger partial charge is 0.323 e. The highest BCUT2D eigenvalue weighted by molar-refractivity contribution is 7.92. The SMILES string of the molecule is O=c1[nH]c2ccc(S(=O)(=O)Nc3cc(Cl)ccc3N3CCCCCC3)cc2[nH]1. The molecular formula is C19H21ClN4O3S. The van der Waals surface area contributed by atoms with Crippen LogP contribution in [0, 0.1) is 0 Å². The number of hydrogen-bond acceptors (Lipinski definition) is 4. The molecule has 0 saturated carbocycles. The molecule has 0 amide bonds. The number of halogens is 1. The van der Waals surface area contributed by atoms with Crippen molar-refractivity contribution in [3.8, 4) is 0 Å². The van der Waals surface area contributed by atoms with Gasteiger partial charge in [0.2, 0.25) is 0 Å². The molecule has 2 aromatic carbocycles. The first-order chi connectivity index (χ1) is 13.4. The van der Waals surface area contributed by atoms with Crippen LogP contribution >= 0.6 is 11.6 Å². The van der Waals surface area contributed by atoms with Crippen molar-refractivity contribution in [2.75, 3.05) is 22.7 Å². The van der Waals surface area contributed by atoms with E-state index in [-0.39, 0.29) is 10.6 Å². The van der Waals surface area contributed by atoms with Gasteiger partial charge in [0.25, 0.3) is 10.0 Å². The van der Waals surface area contributed by atoms with Gasteiger partial charge in [-0.3, -0.25) is 4.72 Å². The maximum absolute atomic E-state index is 13.0. The highest BCUT2D eigenvalue weighted by Crippen LogP contribution is 2.32. The molecule has 1 saturated heterocycles. The molecule has 1 aliphatic heterocycles. The van der Waals surface area contributed by atoms with Crippen LogP contribution < -0.4 is 15.3 Å². The van der Waals surface area contributed by atoms with Crippen LogP contribution in [0.15, 0.2) is 46.1 Å². The number of aromatic nitrogens is 2. The molecule has 9 heteroatoms. The van der Waals surface area contributed by atoms with Crippen molar-refractivity contribution in [1.82, 2.24) is 9.97 Å². The van der Waals surface area contributed by atoms with Gasteiger partial charge >= 0.3 is 5.69 Å². The Balaban J connectivity index is 1.70. The van der Waals surface area contributed by atoms with E-state index in [0.29, 0.717) is 21.7 Å². The lowest BCUT2D eigenvalue weighted by molar-refractivity contribution is 0.601. The highest BCUT2D eigenvalue weighted by Gasteiger charge is 2.20. The summed E-state index contributed by atoms with van der Waals surface area (Å²) in [6, 6.07) is 9.73. The van der Waals surface area contributed by atoms with Crippen molar-refractivity contribution in [2.24, 2.45) is 0 Å². The third kappa shape index (κ3) is 3.88. The number of nitrogens with zero attached hydrogens (tertiary/aromatic N) is 1. The summed E-state index contributed by atoms with van der Waals surface area (Å²) in [7, 11) is -3.85. The van der Waals surface area contributed by atoms with Gasteiger partial charge in [0.05, 0.1) is 27.3 Å². The topological polar surface area (TPSA) is 98.1 Å². The zero-order valence-corrected chi connectivity index (χ0v) is 16.7. The maximum atomic E-state index is 13.0. The standard InChI is InChI=1S/C19H21ClN4O3S/c20-13-5-8-18(24-9-3-1-2-4-10-24)17(11-13)23-28(26,27)14-6-7-15-16(12-14)22-19(25)21-15/h5-8,11-12,23H,1-4,9-10H2,(H2,21,22,25). The minimum atomic E-state index is -3.85. The Labute approximate surface area is 167 Å². The third-order valence-corrected chi connectivity index (χ3v) is 6.55. The number of benzene rings is 2. The summed E-state index contributed by atoms with van der Waals surface area (Å²) in [4.78, 5) is 18.9. The van der Waals surface area contributed by atoms with E-state index in [4.69, 9.17) is 11.6 Å². The van der Waals surface area contributed by atoms with Crippen LogP contribution in [0.5, 0.6) is 0 Å². The number of imidazole rings is 1. The molecule has 0 radical (unpaired) electrons. The average Bonchev–Trinajstić information content (AvgIpc) is 2.83. The second kappa shape index (κ2) is 7.52. The number of anilines is 2. The van der Waals surface area contributed by atoms with E-state index < -0.39 is 10.0 Å². The molecule has 1 aliphatic rings. The van der Waals surface area contributed by atoms with Gasteiger partial charge in [-0.1, -0.05) is 24.4 Å². The molecule has 3 aromatic rings. The predicted molar refractivity (Wildman–Crippen MR) is 112 cm³/mol. The first kappa shape index (κ1) is 18.9. The van der Waals surface area contributed by atoms with Gasteiger partial charge in [0, 0.05) is 18.1 Å². The summed E-state index contributed by atoms with van der Waals surface area (Å²) in [6.45, 7) is 1.76. The van der Waals surface area contributed by atoms with Crippen LogP contribution in [-0.4, -0.2) is 31.5 Å². The lowest BCUT2D eigenvalue weighted by atomic mass is 10.2. The molecule has 0 spiro atoms. The molecule has 0 bridgehead atoms. The first-order valence-corrected chi connectivity index (χ1v) is 11.1. The Morgan fingerprint density at radius 3 is 2.39 bits per heavy atom. The zero-order valence-electron chi connectivity index (χ0n) is 15.2. The molecule has 0 aliphatic carbocycles. The van der Waals surface area contributed by atoms with E-state index in [1.54, 1.807) is 18.2 Å². The number of fused-ring (bicyclic) bond motifs is 1. The maximum Gasteiger partial charge on any atom is 0.323 e. The van der Waals surface area contributed by atoms with Gasteiger partial charge in [-0.25, -0.2) is 13.2 Å². The van der Waals surface area contributed by atoms with E-state index >= 15 is 0 Å². The van der Waals surface area contributed by atoms with Crippen LogP contribution in [-0.2, 0) is 10.0 Å². The van der Waals surface area contributed by atoms with Gasteiger partial charge in [0.15, 0.2) is 0 Å². The molecule has 2 heterocycles. The number of nitrogens with one attached hydrogen (secondary N) is 3. The first-order valence-electron chi connectivity index (χ1n) is 9.22. The molecule has 7 nitrogen and oxygen atoms in total. The number of aromatic amines is 2. The summed E-state index contributed by atoms with van der Waals surface area (Å²) in [5.74, 6) is 0. The van der Waals surface area contributed by atoms with Gasteiger partial charge in [-0.05, 0) is 49.2 Å². The van der Waals surface area contributed by atoms with E-state index in [2.05, 4.69) is 19.6 Å². The normalized spacial score (nSPS) is 15.5. The Morgan fingerprint density at radius 1 is 0.929 bits per heavy atom. The van der Waals surface area contributed by atoms with Gasteiger partial charge in [-0.15, -0.1) is 0 Å². The summed E-state index contributed by atoms with van der Waals surface area (Å²) >= 11 is 6.15. The molecule has 4 rings (SSSR count). The number of H-pyrrole nitrogens is 2. The molecule has 1 aromatic heterocycles. The van der Waals surface area contributed by atoms with Crippen molar-refractivity contribution in [2.45, 2.75) is 30.6 Å². The molecule has 148 valence electrons. The number of rotatable bonds is 4. The molecule has 3 N–H and O–H groups in total. The summed E-state index contributed by atoms with van der Waals surface area (Å²) < 4.78 is 28.7. The van der Waals surface area contributed by atoms with Crippen molar-refractivity contribution in [3.63, 3.8) is 0 Å². The second-order valence-electron chi connectivity index (χ2n) is 6.95. The molecular weight excluding hydrogens is 400 g/mol.